The van der Waals surface area contributed by atoms with Crippen LogP contribution in [0.3, 0.4) is 0 Å². The number of halogens is 1. The summed E-state index contributed by atoms with van der Waals surface area (Å²) in [5.74, 6) is 0.485. The first-order valence-electron chi connectivity index (χ1n) is 9.08. The molecule has 0 bridgehead atoms. The summed E-state index contributed by atoms with van der Waals surface area (Å²) in [4.78, 5) is 13.5. The Bertz CT molecular complexity index is 708. The van der Waals surface area contributed by atoms with Gasteiger partial charge in [0, 0.05) is 12.5 Å². The number of primary amides is 1. The molecule has 1 aliphatic heterocycles. The molecule has 4 nitrogen and oxygen atoms in total. The molecule has 0 saturated carbocycles. The monoisotopic (exact) mass is 356 g/mol. The highest BCUT2D eigenvalue weighted by Crippen LogP contribution is 2.18. The number of benzene rings is 2. The second kappa shape index (κ2) is 8.81. The first kappa shape index (κ1) is 18.4. The maximum absolute atomic E-state index is 12.9. The van der Waals surface area contributed by atoms with Crippen LogP contribution in [-0.4, -0.2) is 37.0 Å². The standard InChI is InChI=1S/C21H25FN2O2/c22-19-5-1-16(2-6-19)15-17-3-7-20(8-4-17)26-14-13-24-11-9-18(10-12-24)21(23)25/h1-8,18H,9-15H2,(H2,23,25). The number of nitrogens with two attached hydrogens (primary N) is 1. The van der Waals surface area contributed by atoms with Gasteiger partial charge in [-0.05, 0) is 67.7 Å². The molecular weight excluding hydrogens is 331 g/mol. The van der Waals surface area contributed by atoms with E-state index < -0.39 is 0 Å². The first-order valence-corrected chi connectivity index (χ1v) is 9.08. The molecular formula is C21H25FN2O2. The Labute approximate surface area is 153 Å². The summed E-state index contributed by atoms with van der Waals surface area (Å²) in [5.41, 5.74) is 7.60. The van der Waals surface area contributed by atoms with E-state index >= 15 is 0 Å². The zero-order valence-electron chi connectivity index (χ0n) is 14.9. The molecule has 1 saturated heterocycles. The van der Waals surface area contributed by atoms with Crippen LogP contribution in [0, 0.1) is 11.7 Å². The van der Waals surface area contributed by atoms with Crippen molar-refractivity contribution in [2.24, 2.45) is 11.7 Å². The minimum atomic E-state index is -0.212. The van der Waals surface area contributed by atoms with Crippen molar-refractivity contribution in [3.8, 4) is 5.75 Å². The van der Waals surface area contributed by atoms with Gasteiger partial charge in [-0.2, -0.15) is 0 Å². The first-order chi connectivity index (χ1) is 12.6. The van der Waals surface area contributed by atoms with E-state index in [0.717, 1.165) is 55.8 Å². The van der Waals surface area contributed by atoms with Gasteiger partial charge in [0.2, 0.25) is 5.91 Å². The summed E-state index contributed by atoms with van der Waals surface area (Å²) in [5, 5.41) is 0. The fourth-order valence-corrected chi connectivity index (χ4v) is 3.28. The number of rotatable bonds is 7. The van der Waals surface area contributed by atoms with Gasteiger partial charge >= 0.3 is 0 Å². The van der Waals surface area contributed by atoms with Crippen molar-refractivity contribution in [1.82, 2.24) is 4.90 Å². The smallest absolute Gasteiger partial charge is 0.220 e. The van der Waals surface area contributed by atoms with Crippen LogP contribution in [0.1, 0.15) is 24.0 Å². The lowest BCUT2D eigenvalue weighted by Gasteiger charge is -2.30. The van der Waals surface area contributed by atoms with Crippen LogP contribution < -0.4 is 10.5 Å². The van der Waals surface area contributed by atoms with Gasteiger partial charge in [-0.3, -0.25) is 9.69 Å². The summed E-state index contributed by atoms with van der Waals surface area (Å²) in [6.45, 7) is 3.27. The third kappa shape index (κ3) is 5.30. The molecule has 2 aromatic rings. The van der Waals surface area contributed by atoms with Crippen LogP contribution in [0.2, 0.25) is 0 Å². The lowest BCUT2D eigenvalue weighted by atomic mass is 9.96. The third-order valence-electron chi connectivity index (χ3n) is 4.91. The molecule has 138 valence electrons. The van der Waals surface area contributed by atoms with Gasteiger partial charge in [0.25, 0.3) is 0 Å². The van der Waals surface area contributed by atoms with Crippen molar-refractivity contribution in [3.05, 3.63) is 65.5 Å². The van der Waals surface area contributed by atoms with Gasteiger partial charge in [0.15, 0.2) is 0 Å². The molecule has 0 spiro atoms. The Balaban J connectivity index is 1.40. The Morgan fingerprint density at radius 3 is 2.19 bits per heavy atom. The summed E-state index contributed by atoms with van der Waals surface area (Å²) in [6.07, 6.45) is 2.45. The second-order valence-electron chi connectivity index (χ2n) is 6.81. The highest BCUT2D eigenvalue weighted by molar-refractivity contribution is 5.76. The van der Waals surface area contributed by atoms with Crippen molar-refractivity contribution in [3.63, 3.8) is 0 Å². The lowest BCUT2D eigenvalue weighted by molar-refractivity contribution is -0.123. The van der Waals surface area contributed by atoms with Crippen LogP contribution in [0.4, 0.5) is 4.39 Å². The van der Waals surface area contributed by atoms with E-state index in [4.69, 9.17) is 10.5 Å². The van der Waals surface area contributed by atoms with E-state index in [1.54, 1.807) is 12.1 Å². The average molecular weight is 356 g/mol. The number of nitrogens with zero attached hydrogens (tertiary/aromatic N) is 1. The summed E-state index contributed by atoms with van der Waals surface area (Å²) in [7, 11) is 0. The largest absolute Gasteiger partial charge is 0.492 e. The van der Waals surface area contributed by atoms with Crippen LogP contribution in [0.25, 0.3) is 0 Å². The van der Waals surface area contributed by atoms with Crippen molar-refractivity contribution >= 4 is 5.91 Å². The van der Waals surface area contributed by atoms with Gasteiger partial charge in [-0.25, -0.2) is 4.39 Å². The number of piperidine rings is 1. The number of carbonyl (C=O) groups excluding carboxylic acids is 1. The van der Waals surface area contributed by atoms with E-state index in [0.29, 0.717) is 6.61 Å². The summed E-state index contributed by atoms with van der Waals surface area (Å²) in [6, 6.07) is 14.6. The zero-order chi connectivity index (χ0) is 18.4. The SMILES string of the molecule is NC(=O)C1CCN(CCOc2ccc(Cc3ccc(F)cc3)cc2)CC1. The molecule has 0 atom stereocenters. The molecule has 1 aliphatic rings. The Kier molecular flexibility index (Phi) is 6.23. The van der Waals surface area contributed by atoms with Crippen LogP contribution >= 0.6 is 0 Å². The van der Waals surface area contributed by atoms with Gasteiger partial charge in [-0.15, -0.1) is 0 Å². The van der Waals surface area contributed by atoms with E-state index in [2.05, 4.69) is 4.90 Å². The Hall–Kier alpha value is -2.40. The molecule has 1 amide bonds. The summed E-state index contributed by atoms with van der Waals surface area (Å²) >= 11 is 0. The highest BCUT2D eigenvalue weighted by Gasteiger charge is 2.22. The fraction of sp³-hybridized carbons (Fsp3) is 0.381. The van der Waals surface area contributed by atoms with E-state index in [1.807, 2.05) is 24.3 Å². The molecule has 0 radical (unpaired) electrons. The minimum Gasteiger partial charge on any atom is -0.492 e. The number of ether oxygens (including phenoxy) is 1. The summed E-state index contributed by atoms with van der Waals surface area (Å²) < 4.78 is 18.8. The average Bonchev–Trinajstić information content (AvgIpc) is 2.65. The van der Waals surface area contributed by atoms with E-state index in [1.165, 1.54) is 12.1 Å². The second-order valence-corrected chi connectivity index (χ2v) is 6.81. The topological polar surface area (TPSA) is 55.6 Å². The molecule has 1 heterocycles. The number of amides is 1. The van der Waals surface area contributed by atoms with Crippen molar-refractivity contribution < 1.29 is 13.9 Å². The van der Waals surface area contributed by atoms with Crippen LogP contribution in [-0.2, 0) is 11.2 Å². The minimum absolute atomic E-state index is 0.0285. The Morgan fingerprint density at radius 1 is 1.04 bits per heavy atom. The molecule has 0 unspecified atom stereocenters. The van der Waals surface area contributed by atoms with Crippen LogP contribution in [0.5, 0.6) is 5.75 Å². The quantitative estimate of drug-likeness (QED) is 0.830. The van der Waals surface area contributed by atoms with Crippen molar-refractivity contribution in [2.45, 2.75) is 19.3 Å². The van der Waals surface area contributed by atoms with Gasteiger partial charge in [-0.1, -0.05) is 24.3 Å². The molecule has 3 rings (SSSR count). The van der Waals surface area contributed by atoms with E-state index in [-0.39, 0.29) is 17.6 Å². The number of likely N-dealkylation sites (tertiary alicyclic amines) is 1. The van der Waals surface area contributed by atoms with Gasteiger partial charge < -0.3 is 10.5 Å². The van der Waals surface area contributed by atoms with Crippen molar-refractivity contribution in [2.75, 3.05) is 26.2 Å². The van der Waals surface area contributed by atoms with Crippen molar-refractivity contribution in [1.29, 1.82) is 0 Å². The number of carbonyl (C=O) groups is 1. The number of hydrogen-bond acceptors (Lipinski definition) is 3. The molecule has 2 aromatic carbocycles. The number of hydrogen-bond donors (Lipinski definition) is 1. The maximum atomic E-state index is 12.9. The third-order valence-corrected chi connectivity index (χ3v) is 4.91. The molecule has 5 heteroatoms. The van der Waals surface area contributed by atoms with Gasteiger partial charge in [0.05, 0.1) is 0 Å². The molecule has 0 aliphatic carbocycles. The predicted octanol–water partition coefficient (Wildman–Crippen LogP) is 2.99. The molecule has 0 aromatic heterocycles. The Morgan fingerprint density at radius 2 is 1.62 bits per heavy atom. The van der Waals surface area contributed by atoms with E-state index in [9.17, 15) is 9.18 Å². The lowest BCUT2D eigenvalue weighted by Crippen LogP contribution is -2.40. The normalized spacial score (nSPS) is 15.7. The zero-order valence-corrected chi connectivity index (χ0v) is 14.9. The fourth-order valence-electron chi connectivity index (χ4n) is 3.28. The van der Waals surface area contributed by atoms with Crippen LogP contribution in [0.15, 0.2) is 48.5 Å². The predicted molar refractivity (Wildman–Crippen MR) is 99.5 cm³/mol. The van der Waals surface area contributed by atoms with Gasteiger partial charge in [0.1, 0.15) is 18.2 Å². The molecule has 26 heavy (non-hydrogen) atoms. The molecule has 2 N–H and O–H groups in total. The molecule has 1 fully saturated rings. The highest BCUT2D eigenvalue weighted by atomic mass is 19.1. The maximum Gasteiger partial charge on any atom is 0.220 e.